The molecule has 0 radical (unpaired) electrons. The van der Waals surface area contributed by atoms with Crippen LogP contribution in [0, 0.1) is 12.7 Å². The second-order valence-electron chi connectivity index (χ2n) is 6.40. The van der Waals surface area contributed by atoms with Gasteiger partial charge >= 0.3 is 0 Å². The summed E-state index contributed by atoms with van der Waals surface area (Å²) < 4.78 is 40.1. The summed E-state index contributed by atoms with van der Waals surface area (Å²) in [7, 11) is -3.57. The van der Waals surface area contributed by atoms with Crippen molar-refractivity contribution in [3.05, 3.63) is 59.4 Å². The number of amides is 1. The normalized spacial score (nSPS) is 15.6. The van der Waals surface area contributed by atoms with E-state index in [1.54, 1.807) is 19.1 Å². The quantitative estimate of drug-likeness (QED) is 0.887. The van der Waals surface area contributed by atoms with Gasteiger partial charge in [-0.25, -0.2) is 12.8 Å². The van der Waals surface area contributed by atoms with Crippen molar-refractivity contribution < 1.29 is 17.6 Å². The van der Waals surface area contributed by atoms with Gasteiger partial charge in [-0.05, 0) is 61.7 Å². The van der Waals surface area contributed by atoms with Crippen LogP contribution in [0.25, 0.3) is 0 Å². The number of benzene rings is 2. The van der Waals surface area contributed by atoms with Crippen molar-refractivity contribution in [3.8, 4) is 0 Å². The van der Waals surface area contributed by atoms with E-state index in [2.05, 4.69) is 5.32 Å². The minimum Gasteiger partial charge on any atom is -0.322 e. The fraction of sp³-hybridized carbons (Fsp3) is 0.316. The lowest BCUT2D eigenvalue weighted by Gasteiger charge is -2.26. The van der Waals surface area contributed by atoms with E-state index in [9.17, 15) is 17.6 Å². The third-order valence-corrected chi connectivity index (χ3v) is 6.41. The molecule has 1 aliphatic heterocycles. The van der Waals surface area contributed by atoms with Crippen molar-refractivity contribution in [1.29, 1.82) is 0 Å². The fourth-order valence-corrected chi connectivity index (χ4v) is 4.49. The van der Waals surface area contributed by atoms with Crippen molar-refractivity contribution in [2.45, 2.75) is 31.1 Å². The maximum Gasteiger partial charge on any atom is 0.255 e. The Morgan fingerprint density at radius 1 is 1.04 bits per heavy atom. The molecule has 1 saturated heterocycles. The average molecular weight is 376 g/mol. The van der Waals surface area contributed by atoms with Crippen LogP contribution in [0.4, 0.5) is 10.1 Å². The van der Waals surface area contributed by atoms with E-state index in [-0.39, 0.29) is 4.90 Å². The first-order valence-electron chi connectivity index (χ1n) is 8.55. The standard InChI is InChI=1S/C19H21FN2O3S/c1-14-5-10-17(26(24,25)22-11-3-2-4-12-22)13-18(14)21-19(23)15-6-8-16(20)9-7-15/h5-10,13H,2-4,11-12H2,1H3,(H,21,23). The number of rotatable bonds is 4. The zero-order valence-electron chi connectivity index (χ0n) is 14.5. The minimum atomic E-state index is -3.57. The Balaban J connectivity index is 1.85. The minimum absolute atomic E-state index is 0.166. The number of sulfonamides is 1. The van der Waals surface area contributed by atoms with Gasteiger partial charge in [0, 0.05) is 24.3 Å². The van der Waals surface area contributed by atoms with E-state index in [0.717, 1.165) is 24.8 Å². The van der Waals surface area contributed by atoms with E-state index in [1.807, 2.05) is 0 Å². The van der Waals surface area contributed by atoms with Crippen LogP contribution < -0.4 is 5.32 Å². The van der Waals surface area contributed by atoms with Crippen molar-refractivity contribution in [2.75, 3.05) is 18.4 Å². The highest BCUT2D eigenvalue weighted by atomic mass is 32.2. The molecule has 2 aromatic rings. The molecule has 26 heavy (non-hydrogen) atoms. The van der Waals surface area contributed by atoms with Gasteiger partial charge in [-0.2, -0.15) is 4.31 Å². The van der Waals surface area contributed by atoms with Crippen LogP contribution in [0.2, 0.25) is 0 Å². The molecule has 1 amide bonds. The molecule has 0 spiro atoms. The number of nitrogens with zero attached hydrogens (tertiary/aromatic N) is 1. The molecule has 0 aromatic heterocycles. The van der Waals surface area contributed by atoms with Gasteiger partial charge in [-0.3, -0.25) is 4.79 Å². The number of hydrogen-bond donors (Lipinski definition) is 1. The molecule has 1 aliphatic rings. The molecule has 3 rings (SSSR count). The molecular formula is C19H21FN2O3S. The van der Waals surface area contributed by atoms with Gasteiger partial charge in [0.25, 0.3) is 5.91 Å². The smallest absolute Gasteiger partial charge is 0.255 e. The number of aryl methyl sites for hydroxylation is 1. The van der Waals surface area contributed by atoms with Crippen LogP contribution in [-0.2, 0) is 10.0 Å². The third kappa shape index (κ3) is 3.94. The first-order valence-corrected chi connectivity index (χ1v) is 10.00. The first kappa shape index (κ1) is 18.5. The van der Waals surface area contributed by atoms with Gasteiger partial charge in [0.05, 0.1) is 4.90 Å². The van der Waals surface area contributed by atoms with E-state index < -0.39 is 21.7 Å². The SMILES string of the molecule is Cc1ccc(S(=O)(=O)N2CCCCC2)cc1NC(=O)c1ccc(F)cc1. The Bertz CT molecular complexity index is 905. The van der Waals surface area contributed by atoms with E-state index in [4.69, 9.17) is 0 Å². The summed E-state index contributed by atoms with van der Waals surface area (Å²) >= 11 is 0. The average Bonchev–Trinajstić information content (AvgIpc) is 2.64. The van der Waals surface area contributed by atoms with Crippen LogP contribution in [0.3, 0.4) is 0 Å². The van der Waals surface area contributed by atoms with E-state index in [0.29, 0.717) is 24.3 Å². The highest BCUT2D eigenvalue weighted by Crippen LogP contribution is 2.25. The lowest BCUT2D eigenvalue weighted by molar-refractivity contribution is 0.102. The Morgan fingerprint density at radius 3 is 2.35 bits per heavy atom. The van der Waals surface area contributed by atoms with Crippen LogP contribution in [0.5, 0.6) is 0 Å². The van der Waals surface area contributed by atoms with E-state index >= 15 is 0 Å². The van der Waals surface area contributed by atoms with Crippen LogP contribution in [-0.4, -0.2) is 31.7 Å². The first-order chi connectivity index (χ1) is 12.4. The van der Waals surface area contributed by atoms with Crippen molar-refractivity contribution in [2.24, 2.45) is 0 Å². The van der Waals surface area contributed by atoms with Crippen LogP contribution in [0.1, 0.15) is 35.2 Å². The number of carbonyl (C=O) groups is 1. The maximum atomic E-state index is 13.0. The van der Waals surface area contributed by atoms with Gasteiger partial charge in [0.2, 0.25) is 10.0 Å². The second-order valence-corrected chi connectivity index (χ2v) is 8.34. The van der Waals surface area contributed by atoms with Crippen LogP contribution in [0.15, 0.2) is 47.4 Å². The predicted molar refractivity (Wildman–Crippen MR) is 98.1 cm³/mol. The Morgan fingerprint density at radius 2 is 1.69 bits per heavy atom. The molecule has 0 aliphatic carbocycles. The highest BCUT2D eigenvalue weighted by molar-refractivity contribution is 7.89. The summed E-state index contributed by atoms with van der Waals surface area (Å²) in [6.07, 6.45) is 2.76. The maximum absolute atomic E-state index is 13.0. The molecule has 138 valence electrons. The number of hydrogen-bond acceptors (Lipinski definition) is 3. The summed E-state index contributed by atoms with van der Waals surface area (Å²) in [6, 6.07) is 9.91. The van der Waals surface area contributed by atoms with Crippen molar-refractivity contribution >= 4 is 21.6 Å². The monoisotopic (exact) mass is 376 g/mol. The zero-order valence-corrected chi connectivity index (χ0v) is 15.4. The lowest BCUT2D eigenvalue weighted by Crippen LogP contribution is -2.35. The predicted octanol–water partition coefficient (Wildman–Crippen LogP) is 3.56. The molecule has 0 saturated carbocycles. The van der Waals surface area contributed by atoms with Gasteiger partial charge < -0.3 is 5.32 Å². The zero-order chi connectivity index (χ0) is 18.7. The van der Waals surface area contributed by atoms with Gasteiger partial charge in [0.1, 0.15) is 5.82 Å². The van der Waals surface area contributed by atoms with Crippen molar-refractivity contribution in [1.82, 2.24) is 4.31 Å². The molecular weight excluding hydrogens is 355 g/mol. The molecule has 0 unspecified atom stereocenters. The number of carbonyl (C=O) groups excluding carboxylic acids is 1. The molecule has 2 aromatic carbocycles. The second kappa shape index (κ2) is 7.55. The molecule has 1 N–H and O–H groups in total. The molecule has 0 bridgehead atoms. The molecule has 1 fully saturated rings. The topological polar surface area (TPSA) is 66.5 Å². The summed E-state index contributed by atoms with van der Waals surface area (Å²) in [6.45, 7) is 2.83. The summed E-state index contributed by atoms with van der Waals surface area (Å²) in [5, 5.41) is 2.72. The van der Waals surface area contributed by atoms with Crippen molar-refractivity contribution in [3.63, 3.8) is 0 Å². The number of anilines is 1. The highest BCUT2D eigenvalue weighted by Gasteiger charge is 2.26. The summed E-state index contributed by atoms with van der Waals surface area (Å²) in [5.74, 6) is -0.840. The fourth-order valence-electron chi connectivity index (χ4n) is 2.95. The molecule has 0 atom stereocenters. The molecule has 1 heterocycles. The largest absolute Gasteiger partial charge is 0.322 e. The van der Waals surface area contributed by atoms with Gasteiger partial charge in [-0.1, -0.05) is 12.5 Å². The molecule has 7 heteroatoms. The summed E-state index contributed by atoms with van der Waals surface area (Å²) in [5.41, 5.74) is 1.48. The summed E-state index contributed by atoms with van der Waals surface area (Å²) in [4.78, 5) is 12.5. The third-order valence-electron chi connectivity index (χ3n) is 4.52. The lowest BCUT2D eigenvalue weighted by atomic mass is 10.1. The van der Waals surface area contributed by atoms with E-state index in [1.165, 1.54) is 34.6 Å². The Labute approximate surface area is 152 Å². The van der Waals surface area contributed by atoms with Crippen LogP contribution >= 0.6 is 0 Å². The molecule has 5 nitrogen and oxygen atoms in total. The number of piperidine rings is 1. The number of nitrogens with one attached hydrogen (secondary N) is 1. The Hall–Kier alpha value is -2.25. The van der Waals surface area contributed by atoms with Gasteiger partial charge in [0.15, 0.2) is 0 Å². The Kier molecular flexibility index (Phi) is 5.38. The number of halogens is 1. The van der Waals surface area contributed by atoms with Gasteiger partial charge in [-0.15, -0.1) is 0 Å².